The Morgan fingerprint density at radius 1 is 1.29 bits per heavy atom. The van der Waals surface area contributed by atoms with Gasteiger partial charge in [0.25, 0.3) is 0 Å². The second kappa shape index (κ2) is 4.48. The molecule has 0 aliphatic heterocycles. The van der Waals surface area contributed by atoms with Crippen molar-refractivity contribution in [2.45, 2.75) is 51.7 Å². The second-order valence-electron chi connectivity index (χ2n) is 6.48. The molecule has 4 heteroatoms. The maximum Gasteiger partial charge on any atom is 0.407 e. The zero-order chi connectivity index (χ0) is 12.6. The van der Waals surface area contributed by atoms with Crippen molar-refractivity contribution in [2.24, 2.45) is 23.5 Å². The number of amides is 1. The van der Waals surface area contributed by atoms with E-state index >= 15 is 0 Å². The molecule has 2 bridgehead atoms. The molecular formula is C13H24N2O2. The number of carbonyl (C=O) groups excluding carboxylic acids is 1. The molecule has 2 aliphatic carbocycles. The predicted octanol–water partition coefficient (Wildman–Crippen LogP) is 1.88. The summed E-state index contributed by atoms with van der Waals surface area (Å²) in [6.07, 6.45) is 3.19. The number of nitrogens with two attached hydrogens (primary N) is 1. The molecule has 0 aromatic rings. The molecule has 0 aromatic heterocycles. The molecule has 2 rings (SSSR count). The standard InChI is InChI=1S/C13H24N2O2/c1-13(2,3)17-12(16)15-11-6-8-4-9(11)5-10(8)7-14/h8-11H,4-7,14H2,1-3H3,(H,15,16)/t8-,9-,10?,11?/m1/s1. The lowest BCUT2D eigenvalue weighted by Crippen LogP contribution is -2.43. The van der Waals surface area contributed by atoms with Crippen molar-refractivity contribution >= 4 is 6.09 Å². The zero-order valence-electron chi connectivity index (χ0n) is 11.0. The van der Waals surface area contributed by atoms with E-state index < -0.39 is 5.60 Å². The van der Waals surface area contributed by atoms with Gasteiger partial charge < -0.3 is 15.8 Å². The van der Waals surface area contributed by atoms with Crippen LogP contribution in [-0.4, -0.2) is 24.3 Å². The molecule has 0 saturated heterocycles. The molecule has 3 N–H and O–H groups in total. The van der Waals surface area contributed by atoms with E-state index in [1.807, 2.05) is 20.8 Å². The number of fused-ring (bicyclic) bond motifs is 2. The number of nitrogens with one attached hydrogen (secondary N) is 1. The van der Waals surface area contributed by atoms with Gasteiger partial charge in [-0.1, -0.05) is 0 Å². The first-order valence-electron chi connectivity index (χ1n) is 6.58. The third-order valence-electron chi connectivity index (χ3n) is 4.01. The maximum atomic E-state index is 11.7. The molecule has 17 heavy (non-hydrogen) atoms. The van der Waals surface area contributed by atoms with Gasteiger partial charge in [-0.2, -0.15) is 0 Å². The largest absolute Gasteiger partial charge is 0.444 e. The fourth-order valence-corrected chi connectivity index (χ4v) is 3.32. The average molecular weight is 240 g/mol. The first kappa shape index (κ1) is 12.7. The Morgan fingerprint density at radius 2 is 2.00 bits per heavy atom. The van der Waals surface area contributed by atoms with Crippen LogP contribution in [0, 0.1) is 17.8 Å². The minimum Gasteiger partial charge on any atom is -0.444 e. The van der Waals surface area contributed by atoms with E-state index in [9.17, 15) is 4.79 Å². The molecule has 0 spiro atoms. The lowest BCUT2D eigenvalue weighted by Gasteiger charge is -2.29. The van der Waals surface area contributed by atoms with E-state index in [0.717, 1.165) is 13.0 Å². The average Bonchev–Trinajstić information content (AvgIpc) is 2.72. The van der Waals surface area contributed by atoms with Gasteiger partial charge in [0.05, 0.1) is 0 Å². The summed E-state index contributed by atoms with van der Waals surface area (Å²) in [6, 6.07) is 0.303. The number of hydrogen-bond acceptors (Lipinski definition) is 3. The third kappa shape index (κ3) is 2.92. The predicted molar refractivity (Wildman–Crippen MR) is 66.5 cm³/mol. The smallest absolute Gasteiger partial charge is 0.407 e. The Morgan fingerprint density at radius 3 is 2.47 bits per heavy atom. The SMILES string of the molecule is CC(C)(C)OC(=O)NC1C[C@H]2C[C@@H]1CC2CN. The first-order chi connectivity index (χ1) is 7.89. The summed E-state index contributed by atoms with van der Waals surface area (Å²) in [7, 11) is 0. The van der Waals surface area contributed by atoms with E-state index in [0.29, 0.717) is 23.8 Å². The van der Waals surface area contributed by atoms with E-state index in [1.165, 1.54) is 12.8 Å². The monoisotopic (exact) mass is 240 g/mol. The minimum atomic E-state index is -0.415. The van der Waals surface area contributed by atoms with Crippen molar-refractivity contribution in [3.63, 3.8) is 0 Å². The van der Waals surface area contributed by atoms with E-state index in [4.69, 9.17) is 10.5 Å². The summed E-state index contributed by atoms with van der Waals surface area (Å²) in [5.74, 6) is 2.00. The van der Waals surface area contributed by atoms with Crippen molar-refractivity contribution in [3.8, 4) is 0 Å². The van der Waals surface area contributed by atoms with Gasteiger partial charge in [-0.25, -0.2) is 4.79 Å². The molecule has 0 radical (unpaired) electrons. The van der Waals surface area contributed by atoms with Crippen molar-refractivity contribution in [3.05, 3.63) is 0 Å². The number of carbonyl (C=O) groups is 1. The summed E-state index contributed by atoms with van der Waals surface area (Å²) in [5, 5.41) is 3.01. The van der Waals surface area contributed by atoms with Crippen LogP contribution in [0.1, 0.15) is 40.0 Å². The highest BCUT2D eigenvalue weighted by Crippen LogP contribution is 2.48. The van der Waals surface area contributed by atoms with E-state index in [1.54, 1.807) is 0 Å². The summed E-state index contributed by atoms with van der Waals surface area (Å²) >= 11 is 0. The number of alkyl carbamates (subject to hydrolysis) is 1. The first-order valence-corrected chi connectivity index (χ1v) is 6.58. The number of ether oxygens (including phenoxy) is 1. The van der Waals surface area contributed by atoms with Gasteiger partial charge in [-0.3, -0.25) is 0 Å². The van der Waals surface area contributed by atoms with Gasteiger partial charge in [-0.05, 0) is 64.3 Å². The zero-order valence-corrected chi connectivity index (χ0v) is 11.0. The Bertz CT molecular complexity index is 298. The Kier molecular flexibility index (Phi) is 3.34. The Labute approximate surface area is 103 Å². The lowest BCUT2D eigenvalue weighted by atomic mass is 9.86. The molecule has 0 aromatic carbocycles. The molecule has 1 amide bonds. The normalized spacial score (nSPS) is 36.0. The van der Waals surface area contributed by atoms with Crippen molar-refractivity contribution < 1.29 is 9.53 Å². The van der Waals surface area contributed by atoms with Gasteiger partial charge >= 0.3 is 6.09 Å². The van der Waals surface area contributed by atoms with Crippen molar-refractivity contribution in [1.82, 2.24) is 5.32 Å². The molecule has 4 atom stereocenters. The third-order valence-corrected chi connectivity index (χ3v) is 4.01. The molecule has 2 aliphatic rings. The Hall–Kier alpha value is -0.770. The van der Waals surface area contributed by atoms with Crippen molar-refractivity contribution in [2.75, 3.05) is 6.54 Å². The van der Waals surface area contributed by atoms with Crippen LogP contribution in [0.25, 0.3) is 0 Å². The summed E-state index contributed by atoms with van der Waals surface area (Å²) in [4.78, 5) is 11.7. The van der Waals surface area contributed by atoms with Crippen LogP contribution in [0.3, 0.4) is 0 Å². The fraction of sp³-hybridized carbons (Fsp3) is 0.923. The van der Waals surface area contributed by atoms with E-state index in [2.05, 4.69) is 5.32 Å². The lowest BCUT2D eigenvalue weighted by molar-refractivity contribution is 0.0482. The highest BCUT2D eigenvalue weighted by atomic mass is 16.6. The highest BCUT2D eigenvalue weighted by Gasteiger charge is 2.45. The van der Waals surface area contributed by atoms with Gasteiger partial charge in [0, 0.05) is 6.04 Å². The van der Waals surface area contributed by atoms with Gasteiger partial charge in [-0.15, -0.1) is 0 Å². The van der Waals surface area contributed by atoms with Gasteiger partial charge in [0.15, 0.2) is 0 Å². The van der Waals surface area contributed by atoms with Gasteiger partial charge in [0.1, 0.15) is 5.60 Å². The number of hydrogen-bond donors (Lipinski definition) is 2. The van der Waals surface area contributed by atoms with E-state index in [-0.39, 0.29) is 6.09 Å². The molecule has 2 fully saturated rings. The highest BCUT2D eigenvalue weighted by molar-refractivity contribution is 5.68. The second-order valence-corrected chi connectivity index (χ2v) is 6.48. The molecule has 98 valence electrons. The van der Waals surface area contributed by atoms with Crippen LogP contribution in [0.4, 0.5) is 4.79 Å². The van der Waals surface area contributed by atoms with Crippen LogP contribution in [-0.2, 0) is 4.74 Å². The van der Waals surface area contributed by atoms with Crippen LogP contribution < -0.4 is 11.1 Å². The minimum absolute atomic E-state index is 0.278. The van der Waals surface area contributed by atoms with Crippen molar-refractivity contribution in [1.29, 1.82) is 0 Å². The molecule has 2 unspecified atom stereocenters. The summed E-state index contributed by atoms with van der Waals surface area (Å²) in [5.41, 5.74) is 5.32. The topological polar surface area (TPSA) is 64.3 Å². The fourth-order valence-electron chi connectivity index (χ4n) is 3.32. The summed E-state index contributed by atoms with van der Waals surface area (Å²) < 4.78 is 5.29. The molecule has 0 heterocycles. The van der Waals surface area contributed by atoms with Crippen LogP contribution >= 0.6 is 0 Å². The molecule has 4 nitrogen and oxygen atoms in total. The van der Waals surface area contributed by atoms with Crippen LogP contribution in [0.2, 0.25) is 0 Å². The number of rotatable bonds is 2. The quantitative estimate of drug-likeness (QED) is 0.774. The van der Waals surface area contributed by atoms with Crippen LogP contribution in [0.5, 0.6) is 0 Å². The maximum absolute atomic E-state index is 11.7. The molecular weight excluding hydrogens is 216 g/mol. The Balaban J connectivity index is 1.81. The van der Waals surface area contributed by atoms with Gasteiger partial charge in [0.2, 0.25) is 0 Å². The van der Waals surface area contributed by atoms with Crippen LogP contribution in [0.15, 0.2) is 0 Å². The molecule has 2 saturated carbocycles. The summed E-state index contributed by atoms with van der Waals surface area (Å²) in [6.45, 7) is 6.45.